The number of nitrogens with one attached hydrogen (secondary N) is 1. The van der Waals surface area contributed by atoms with Crippen LogP contribution in [0.3, 0.4) is 0 Å². The molecule has 4 aromatic rings. The highest BCUT2D eigenvalue weighted by Gasteiger charge is 2.18. The number of hydrogen-bond acceptors (Lipinski definition) is 6. The Balaban J connectivity index is 1.60. The zero-order valence-corrected chi connectivity index (χ0v) is 21.0. The van der Waals surface area contributed by atoms with Crippen molar-refractivity contribution in [2.24, 2.45) is 0 Å². The normalized spacial score (nSPS) is 11.0. The smallest absolute Gasteiger partial charge is 0.338 e. The molecular formula is C27H27N3O4S. The second kappa shape index (κ2) is 10.2. The highest BCUT2D eigenvalue weighted by molar-refractivity contribution is 7.19. The largest absolute Gasteiger partial charge is 0.462 e. The molecule has 2 aromatic carbocycles. The van der Waals surface area contributed by atoms with Crippen LogP contribution < -0.4 is 10.9 Å². The number of anilines is 1. The van der Waals surface area contributed by atoms with Gasteiger partial charge in [-0.15, -0.1) is 11.3 Å². The highest BCUT2D eigenvalue weighted by atomic mass is 32.1. The predicted octanol–water partition coefficient (Wildman–Crippen LogP) is 5.26. The molecule has 2 aromatic heterocycles. The molecule has 0 bridgehead atoms. The molecule has 1 N–H and O–H groups in total. The van der Waals surface area contributed by atoms with Crippen molar-refractivity contribution in [3.63, 3.8) is 0 Å². The third kappa shape index (κ3) is 5.17. The van der Waals surface area contributed by atoms with Gasteiger partial charge in [-0.3, -0.25) is 14.2 Å². The average molecular weight is 490 g/mol. The van der Waals surface area contributed by atoms with Crippen LogP contribution in [0.25, 0.3) is 21.3 Å². The molecular weight excluding hydrogens is 462 g/mol. The summed E-state index contributed by atoms with van der Waals surface area (Å²) in [4.78, 5) is 44.4. The lowest BCUT2D eigenvalue weighted by atomic mass is 9.99. The topological polar surface area (TPSA) is 90.3 Å². The average Bonchev–Trinajstić information content (AvgIpc) is 3.18. The van der Waals surface area contributed by atoms with Crippen LogP contribution in [0, 0.1) is 20.8 Å². The van der Waals surface area contributed by atoms with Crippen LogP contribution in [-0.4, -0.2) is 28.0 Å². The van der Waals surface area contributed by atoms with Crippen molar-refractivity contribution in [2.45, 2.75) is 40.7 Å². The third-order valence-corrected chi connectivity index (χ3v) is 6.80. The fourth-order valence-corrected chi connectivity index (χ4v) is 4.86. The number of amides is 1. The molecule has 1 amide bonds. The van der Waals surface area contributed by atoms with Gasteiger partial charge in [0.15, 0.2) is 0 Å². The number of esters is 1. The van der Waals surface area contributed by atoms with Crippen molar-refractivity contribution in [1.82, 2.24) is 9.55 Å². The second-order valence-corrected chi connectivity index (χ2v) is 9.66. The molecule has 0 saturated carbocycles. The SMILES string of the molecule is CCCOC(=O)c1cccc(NC(=O)Cn2cnc3sc(C)c(-c4ccc(C)c(C)c4)c3c2=O)c1. The Morgan fingerprint density at radius 2 is 1.89 bits per heavy atom. The predicted molar refractivity (Wildman–Crippen MR) is 139 cm³/mol. The van der Waals surface area contributed by atoms with Gasteiger partial charge in [0.05, 0.1) is 23.9 Å². The maximum Gasteiger partial charge on any atom is 0.338 e. The highest BCUT2D eigenvalue weighted by Crippen LogP contribution is 2.36. The van der Waals surface area contributed by atoms with Crippen molar-refractivity contribution in [2.75, 3.05) is 11.9 Å². The Kier molecular flexibility index (Phi) is 7.12. The zero-order valence-electron chi connectivity index (χ0n) is 20.2. The number of rotatable bonds is 7. The summed E-state index contributed by atoms with van der Waals surface area (Å²) in [7, 11) is 0. The van der Waals surface area contributed by atoms with Crippen LogP contribution >= 0.6 is 11.3 Å². The zero-order chi connectivity index (χ0) is 25.1. The molecule has 0 aliphatic rings. The molecule has 0 aliphatic heterocycles. The Labute approximate surface area is 207 Å². The standard InChI is InChI=1S/C27H27N3O4S/c1-5-11-34-27(33)20-7-6-8-21(13-20)29-22(31)14-30-15-28-25-24(26(30)32)23(18(4)35-25)19-10-9-16(2)17(3)12-19/h6-10,12-13,15H,5,11,14H2,1-4H3,(H,29,31). The van der Waals surface area contributed by atoms with E-state index in [1.54, 1.807) is 24.3 Å². The Morgan fingerprint density at radius 1 is 1.09 bits per heavy atom. The van der Waals surface area contributed by atoms with Gasteiger partial charge in [-0.1, -0.05) is 31.2 Å². The van der Waals surface area contributed by atoms with Crippen LogP contribution in [0.2, 0.25) is 0 Å². The number of benzene rings is 2. The lowest BCUT2D eigenvalue weighted by Crippen LogP contribution is -2.27. The molecule has 0 aliphatic carbocycles. The molecule has 0 saturated heterocycles. The van der Waals surface area contributed by atoms with E-state index >= 15 is 0 Å². The van der Waals surface area contributed by atoms with Gasteiger partial charge in [0.2, 0.25) is 5.91 Å². The van der Waals surface area contributed by atoms with Crippen LogP contribution in [0.5, 0.6) is 0 Å². The van der Waals surface area contributed by atoms with Gasteiger partial charge in [-0.25, -0.2) is 9.78 Å². The number of ether oxygens (including phenoxy) is 1. The number of thiophene rings is 1. The van der Waals surface area contributed by atoms with Crippen molar-refractivity contribution in [3.05, 3.63) is 80.7 Å². The molecule has 180 valence electrons. The maximum absolute atomic E-state index is 13.4. The van der Waals surface area contributed by atoms with E-state index in [9.17, 15) is 14.4 Å². The Morgan fingerprint density at radius 3 is 2.63 bits per heavy atom. The van der Waals surface area contributed by atoms with Gasteiger partial charge in [0.25, 0.3) is 5.56 Å². The van der Waals surface area contributed by atoms with Gasteiger partial charge in [0.1, 0.15) is 11.4 Å². The molecule has 0 unspecified atom stereocenters. The van der Waals surface area contributed by atoms with E-state index in [2.05, 4.69) is 23.3 Å². The quantitative estimate of drug-likeness (QED) is 0.358. The first kappa shape index (κ1) is 24.3. The minimum absolute atomic E-state index is 0.201. The number of aryl methyl sites for hydroxylation is 3. The summed E-state index contributed by atoms with van der Waals surface area (Å²) in [6.07, 6.45) is 2.13. The van der Waals surface area contributed by atoms with Crippen LogP contribution in [0.4, 0.5) is 5.69 Å². The van der Waals surface area contributed by atoms with E-state index < -0.39 is 11.9 Å². The van der Waals surface area contributed by atoms with Gasteiger partial charge >= 0.3 is 5.97 Å². The van der Waals surface area contributed by atoms with Crippen LogP contribution in [-0.2, 0) is 16.1 Å². The Hall–Kier alpha value is -3.78. The van der Waals surface area contributed by atoms with Crippen molar-refractivity contribution >= 4 is 39.1 Å². The summed E-state index contributed by atoms with van der Waals surface area (Å²) in [5.74, 6) is -0.840. The number of carbonyl (C=O) groups is 2. The van der Waals surface area contributed by atoms with Gasteiger partial charge in [0, 0.05) is 16.1 Å². The summed E-state index contributed by atoms with van der Waals surface area (Å²) >= 11 is 1.47. The third-order valence-electron chi connectivity index (χ3n) is 5.78. The number of carbonyl (C=O) groups excluding carboxylic acids is 2. The van der Waals surface area contributed by atoms with E-state index in [1.807, 2.05) is 32.9 Å². The summed E-state index contributed by atoms with van der Waals surface area (Å²) in [6.45, 7) is 8.12. The summed E-state index contributed by atoms with van der Waals surface area (Å²) in [6, 6.07) is 12.7. The van der Waals surface area contributed by atoms with E-state index in [4.69, 9.17) is 4.74 Å². The molecule has 8 heteroatoms. The Bertz CT molecular complexity index is 1490. The number of hydrogen-bond donors (Lipinski definition) is 1. The molecule has 0 radical (unpaired) electrons. The van der Waals surface area contributed by atoms with Crippen molar-refractivity contribution in [3.8, 4) is 11.1 Å². The van der Waals surface area contributed by atoms with Crippen LogP contribution in [0.15, 0.2) is 53.6 Å². The summed E-state index contributed by atoms with van der Waals surface area (Å²) < 4.78 is 6.46. The molecule has 2 heterocycles. The maximum atomic E-state index is 13.4. The minimum atomic E-state index is -0.444. The van der Waals surface area contributed by atoms with Gasteiger partial charge in [-0.2, -0.15) is 0 Å². The number of aromatic nitrogens is 2. The van der Waals surface area contributed by atoms with E-state index in [-0.39, 0.29) is 12.1 Å². The molecule has 7 nitrogen and oxygen atoms in total. The first-order valence-electron chi connectivity index (χ1n) is 11.4. The fraction of sp³-hybridized carbons (Fsp3) is 0.259. The monoisotopic (exact) mass is 489 g/mol. The molecule has 35 heavy (non-hydrogen) atoms. The first-order valence-corrected chi connectivity index (χ1v) is 12.2. The molecule has 0 atom stereocenters. The molecule has 4 rings (SSSR count). The number of fused-ring (bicyclic) bond motifs is 1. The molecule has 0 spiro atoms. The lowest BCUT2D eigenvalue weighted by molar-refractivity contribution is -0.116. The van der Waals surface area contributed by atoms with Crippen LogP contribution in [0.1, 0.15) is 39.7 Å². The number of nitrogens with zero attached hydrogens (tertiary/aromatic N) is 2. The first-order chi connectivity index (χ1) is 16.8. The van der Waals surface area contributed by atoms with Crippen molar-refractivity contribution < 1.29 is 14.3 Å². The minimum Gasteiger partial charge on any atom is -0.462 e. The van der Waals surface area contributed by atoms with E-state index in [0.717, 1.165) is 28.0 Å². The molecule has 0 fully saturated rings. The van der Waals surface area contributed by atoms with Gasteiger partial charge in [-0.05, 0) is 62.1 Å². The van der Waals surface area contributed by atoms with E-state index in [1.165, 1.54) is 27.8 Å². The fourth-order valence-electron chi connectivity index (χ4n) is 3.85. The van der Waals surface area contributed by atoms with E-state index in [0.29, 0.717) is 28.1 Å². The second-order valence-electron chi connectivity index (χ2n) is 8.45. The van der Waals surface area contributed by atoms with Gasteiger partial charge < -0.3 is 10.1 Å². The summed E-state index contributed by atoms with van der Waals surface area (Å²) in [5.41, 5.74) is 4.68. The summed E-state index contributed by atoms with van der Waals surface area (Å²) in [5, 5.41) is 3.27. The lowest BCUT2D eigenvalue weighted by Gasteiger charge is -2.10. The van der Waals surface area contributed by atoms with Crippen molar-refractivity contribution in [1.29, 1.82) is 0 Å².